The van der Waals surface area contributed by atoms with Gasteiger partial charge in [-0.15, -0.1) is 0 Å². The molecular weight excluding hydrogens is 202 g/mol. The van der Waals surface area contributed by atoms with Crippen LogP contribution in [0, 0.1) is 0 Å². The van der Waals surface area contributed by atoms with Crippen molar-refractivity contribution in [2.75, 3.05) is 25.5 Å². The summed E-state index contributed by atoms with van der Waals surface area (Å²) < 4.78 is 0. The molecule has 1 heterocycles. The fraction of sp³-hybridized carbons (Fsp3) is 0.583. The van der Waals surface area contributed by atoms with Crippen molar-refractivity contribution in [3.63, 3.8) is 0 Å². The molecule has 0 bridgehead atoms. The summed E-state index contributed by atoms with van der Waals surface area (Å²) in [4.78, 5) is 6.66. The van der Waals surface area contributed by atoms with Crippen molar-refractivity contribution in [1.82, 2.24) is 9.88 Å². The van der Waals surface area contributed by atoms with E-state index in [1.165, 1.54) is 12.8 Å². The number of nitrogens with one attached hydrogen (secondary N) is 1. The Bertz CT molecular complexity index is 339. The van der Waals surface area contributed by atoms with E-state index in [0.717, 1.165) is 24.5 Å². The Balaban J connectivity index is 1.99. The van der Waals surface area contributed by atoms with Crippen LogP contribution in [0.3, 0.4) is 0 Å². The molecule has 0 aliphatic heterocycles. The van der Waals surface area contributed by atoms with Crippen LogP contribution in [0.4, 0.5) is 5.69 Å². The van der Waals surface area contributed by atoms with Gasteiger partial charge in [-0.2, -0.15) is 0 Å². The fourth-order valence-corrected chi connectivity index (χ4v) is 1.89. The van der Waals surface area contributed by atoms with Crippen LogP contribution in [0.5, 0.6) is 0 Å². The molecule has 1 fully saturated rings. The molecule has 1 saturated carbocycles. The van der Waals surface area contributed by atoms with E-state index >= 15 is 0 Å². The van der Waals surface area contributed by atoms with Gasteiger partial charge in [-0.25, -0.2) is 0 Å². The van der Waals surface area contributed by atoms with Gasteiger partial charge in [0.2, 0.25) is 0 Å². The van der Waals surface area contributed by atoms with E-state index in [-0.39, 0.29) is 6.61 Å². The van der Waals surface area contributed by atoms with Crippen LogP contribution in [0.15, 0.2) is 18.3 Å². The van der Waals surface area contributed by atoms with Crippen molar-refractivity contribution in [1.29, 1.82) is 0 Å². The number of anilines is 1. The molecule has 4 nitrogen and oxygen atoms in total. The zero-order valence-corrected chi connectivity index (χ0v) is 9.69. The Hall–Kier alpha value is -1.13. The highest BCUT2D eigenvalue weighted by molar-refractivity contribution is 5.42. The third-order valence-corrected chi connectivity index (χ3v) is 2.92. The minimum absolute atomic E-state index is 0.224. The molecule has 0 aromatic carbocycles. The molecule has 0 radical (unpaired) electrons. The van der Waals surface area contributed by atoms with E-state index in [0.29, 0.717) is 6.04 Å². The highest BCUT2D eigenvalue weighted by Gasteiger charge is 2.28. The summed E-state index contributed by atoms with van der Waals surface area (Å²) in [5.41, 5.74) is 2.15. The first-order valence-corrected chi connectivity index (χ1v) is 5.81. The minimum atomic E-state index is 0.224. The molecule has 2 N–H and O–H groups in total. The second-order valence-electron chi connectivity index (χ2n) is 4.21. The van der Waals surface area contributed by atoms with E-state index in [2.05, 4.69) is 21.3 Å². The Morgan fingerprint density at radius 1 is 1.56 bits per heavy atom. The summed E-state index contributed by atoms with van der Waals surface area (Å²) >= 11 is 0. The van der Waals surface area contributed by atoms with E-state index in [4.69, 9.17) is 5.11 Å². The molecule has 1 aromatic heterocycles. The van der Waals surface area contributed by atoms with Crippen LogP contribution in [0.25, 0.3) is 0 Å². The molecular formula is C12H19N3O. The van der Waals surface area contributed by atoms with Gasteiger partial charge >= 0.3 is 0 Å². The Labute approximate surface area is 96.3 Å². The molecule has 1 aliphatic carbocycles. The van der Waals surface area contributed by atoms with E-state index in [1.807, 2.05) is 19.3 Å². The van der Waals surface area contributed by atoms with Gasteiger partial charge in [0, 0.05) is 38.1 Å². The van der Waals surface area contributed by atoms with Gasteiger partial charge in [0.15, 0.2) is 0 Å². The SMILES string of the molecule is CNc1ccnc(CN(CCO)C2CC2)c1. The molecule has 1 aromatic rings. The van der Waals surface area contributed by atoms with Crippen molar-refractivity contribution in [2.24, 2.45) is 0 Å². The summed E-state index contributed by atoms with van der Waals surface area (Å²) in [6.07, 6.45) is 4.34. The topological polar surface area (TPSA) is 48.4 Å². The minimum Gasteiger partial charge on any atom is -0.395 e. The van der Waals surface area contributed by atoms with Crippen LogP contribution in [0.2, 0.25) is 0 Å². The molecule has 0 amide bonds. The van der Waals surface area contributed by atoms with Crippen LogP contribution in [-0.2, 0) is 6.54 Å². The number of aliphatic hydroxyl groups excluding tert-OH is 1. The number of hydrogen-bond acceptors (Lipinski definition) is 4. The largest absolute Gasteiger partial charge is 0.395 e. The molecule has 0 unspecified atom stereocenters. The lowest BCUT2D eigenvalue weighted by Crippen LogP contribution is -2.29. The first-order valence-electron chi connectivity index (χ1n) is 5.81. The first-order chi connectivity index (χ1) is 7.83. The van der Waals surface area contributed by atoms with Crippen molar-refractivity contribution in [3.05, 3.63) is 24.0 Å². The van der Waals surface area contributed by atoms with E-state index < -0.39 is 0 Å². The maximum atomic E-state index is 9.02. The number of rotatable bonds is 6. The smallest absolute Gasteiger partial charge is 0.0564 e. The monoisotopic (exact) mass is 221 g/mol. The number of aromatic nitrogens is 1. The summed E-state index contributed by atoms with van der Waals surface area (Å²) in [7, 11) is 1.91. The van der Waals surface area contributed by atoms with Crippen LogP contribution < -0.4 is 5.32 Å². The fourth-order valence-electron chi connectivity index (χ4n) is 1.89. The normalized spacial score (nSPS) is 15.4. The third kappa shape index (κ3) is 2.93. The Morgan fingerprint density at radius 3 is 3.00 bits per heavy atom. The highest BCUT2D eigenvalue weighted by Crippen LogP contribution is 2.27. The van der Waals surface area contributed by atoms with Gasteiger partial charge in [-0.05, 0) is 25.0 Å². The van der Waals surface area contributed by atoms with Crippen LogP contribution >= 0.6 is 0 Å². The average Bonchev–Trinajstić information content (AvgIpc) is 3.13. The number of nitrogens with zero attached hydrogens (tertiary/aromatic N) is 2. The lowest BCUT2D eigenvalue weighted by atomic mass is 10.3. The maximum absolute atomic E-state index is 9.02. The van der Waals surface area contributed by atoms with Crippen molar-refractivity contribution in [3.8, 4) is 0 Å². The Morgan fingerprint density at radius 2 is 2.38 bits per heavy atom. The van der Waals surface area contributed by atoms with Crippen molar-refractivity contribution >= 4 is 5.69 Å². The standard InChI is InChI=1S/C12H19N3O/c1-13-10-4-5-14-11(8-10)9-15(6-7-16)12-2-3-12/h4-5,8,12,16H,2-3,6-7,9H2,1H3,(H,13,14). The summed E-state index contributed by atoms with van der Waals surface area (Å²) in [5, 5.41) is 12.1. The number of aliphatic hydroxyl groups is 1. The van der Waals surface area contributed by atoms with Crippen LogP contribution in [0.1, 0.15) is 18.5 Å². The van der Waals surface area contributed by atoms with Crippen molar-refractivity contribution < 1.29 is 5.11 Å². The molecule has 0 saturated heterocycles. The lowest BCUT2D eigenvalue weighted by molar-refractivity contribution is 0.182. The molecule has 0 spiro atoms. The van der Waals surface area contributed by atoms with Crippen LogP contribution in [-0.4, -0.2) is 41.2 Å². The van der Waals surface area contributed by atoms with Gasteiger partial charge in [-0.1, -0.05) is 0 Å². The highest BCUT2D eigenvalue weighted by atomic mass is 16.3. The molecule has 0 atom stereocenters. The zero-order valence-electron chi connectivity index (χ0n) is 9.69. The van der Waals surface area contributed by atoms with Crippen molar-refractivity contribution in [2.45, 2.75) is 25.4 Å². The van der Waals surface area contributed by atoms with Gasteiger partial charge < -0.3 is 10.4 Å². The van der Waals surface area contributed by atoms with Gasteiger partial charge in [-0.3, -0.25) is 9.88 Å². The Kier molecular flexibility index (Phi) is 3.74. The molecule has 1 aliphatic rings. The zero-order chi connectivity index (χ0) is 11.4. The van der Waals surface area contributed by atoms with Gasteiger partial charge in [0.05, 0.1) is 12.3 Å². The second-order valence-corrected chi connectivity index (χ2v) is 4.21. The molecule has 16 heavy (non-hydrogen) atoms. The second kappa shape index (κ2) is 5.27. The maximum Gasteiger partial charge on any atom is 0.0564 e. The quantitative estimate of drug-likeness (QED) is 0.754. The van der Waals surface area contributed by atoms with Gasteiger partial charge in [0.25, 0.3) is 0 Å². The lowest BCUT2D eigenvalue weighted by Gasteiger charge is -2.20. The third-order valence-electron chi connectivity index (χ3n) is 2.92. The predicted molar refractivity (Wildman–Crippen MR) is 64.3 cm³/mol. The number of hydrogen-bond donors (Lipinski definition) is 2. The first kappa shape index (κ1) is 11.4. The molecule has 2 rings (SSSR count). The predicted octanol–water partition coefficient (Wildman–Crippen LogP) is 1.08. The summed E-state index contributed by atoms with van der Waals surface area (Å²) in [6.45, 7) is 1.80. The summed E-state index contributed by atoms with van der Waals surface area (Å²) in [5.74, 6) is 0. The average molecular weight is 221 g/mol. The number of pyridine rings is 1. The van der Waals surface area contributed by atoms with E-state index in [1.54, 1.807) is 0 Å². The van der Waals surface area contributed by atoms with Gasteiger partial charge in [0.1, 0.15) is 0 Å². The van der Waals surface area contributed by atoms with E-state index in [9.17, 15) is 0 Å². The summed E-state index contributed by atoms with van der Waals surface area (Å²) in [6, 6.07) is 4.68. The molecule has 88 valence electrons. The molecule has 4 heteroatoms.